The molecule has 1 aliphatic heterocycles. The normalized spacial score (nSPS) is 13.7. The van der Waals surface area contributed by atoms with Gasteiger partial charge in [-0.1, -0.05) is 24.3 Å². The Kier molecular flexibility index (Phi) is 3.90. The molecule has 2 aromatic carbocycles. The van der Waals surface area contributed by atoms with Gasteiger partial charge in [0.05, 0.1) is 11.4 Å². The number of rotatable bonds is 1. The monoisotopic (exact) mass is 312 g/mol. The van der Waals surface area contributed by atoms with Crippen molar-refractivity contribution in [1.82, 2.24) is 0 Å². The van der Waals surface area contributed by atoms with Crippen LogP contribution in [-0.2, 0) is 4.79 Å². The van der Waals surface area contributed by atoms with E-state index in [1.807, 2.05) is 50.2 Å². The number of nitrogens with zero attached hydrogens (tertiary/aromatic N) is 1. The lowest BCUT2D eigenvalue weighted by Crippen LogP contribution is -2.43. The predicted octanol–water partition coefficient (Wildman–Crippen LogP) is 3.97. The van der Waals surface area contributed by atoms with Crippen LogP contribution in [0.5, 0.6) is 0 Å². The molecule has 112 valence electrons. The van der Waals surface area contributed by atoms with Crippen LogP contribution in [0.25, 0.3) is 0 Å². The van der Waals surface area contributed by atoms with Gasteiger partial charge in [0.1, 0.15) is 0 Å². The van der Waals surface area contributed by atoms with Gasteiger partial charge in [0.2, 0.25) is 5.91 Å². The maximum absolute atomic E-state index is 12.6. The van der Waals surface area contributed by atoms with Gasteiger partial charge in [-0.05, 0) is 43.2 Å². The van der Waals surface area contributed by atoms with Crippen LogP contribution in [0, 0.1) is 13.8 Å². The first kappa shape index (κ1) is 14.7. The molecule has 0 atom stereocenters. The van der Waals surface area contributed by atoms with Gasteiger partial charge < -0.3 is 5.32 Å². The molecule has 0 bridgehead atoms. The van der Waals surface area contributed by atoms with Gasteiger partial charge >= 0.3 is 6.03 Å². The largest absolute Gasteiger partial charge is 0.333 e. The number of urea groups is 1. The van der Waals surface area contributed by atoms with E-state index in [0.717, 1.165) is 21.7 Å². The molecular weight excluding hydrogens is 296 g/mol. The first-order valence-corrected chi connectivity index (χ1v) is 7.98. The Balaban J connectivity index is 1.92. The zero-order valence-electron chi connectivity index (χ0n) is 12.4. The Morgan fingerprint density at radius 2 is 1.91 bits per heavy atom. The number of carbonyl (C=O) groups excluding carboxylic acids is 2. The summed E-state index contributed by atoms with van der Waals surface area (Å²) >= 11 is 1.46. The van der Waals surface area contributed by atoms with Crippen molar-refractivity contribution >= 4 is 35.1 Å². The minimum Gasteiger partial charge on any atom is -0.307 e. The fraction of sp³-hybridized carbons (Fsp3) is 0.176. The topological polar surface area (TPSA) is 49.4 Å². The van der Waals surface area contributed by atoms with Gasteiger partial charge in [0.15, 0.2) is 0 Å². The van der Waals surface area contributed by atoms with E-state index in [1.165, 1.54) is 16.7 Å². The number of aryl methyl sites for hydroxylation is 1. The number of nitrogens with one attached hydrogen (secondary N) is 1. The lowest BCUT2D eigenvalue weighted by atomic mass is 10.1. The molecule has 0 aliphatic carbocycles. The van der Waals surface area contributed by atoms with Crippen molar-refractivity contribution in [1.29, 1.82) is 0 Å². The zero-order chi connectivity index (χ0) is 15.7. The van der Waals surface area contributed by atoms with Gasteiger partial charge in [-0.2, -0.15) is 0 Å². The van der Waals surface area contributed by atoms with Crippen molar-refractivity contribution < 1.29 is 9.59 Å². The molecule has 0 aromatic heterocycles. The molecule has 5 heteroatoms. The van der Waals surface area contributed by atoms with Crippen LogP contribution in [0.3, 0.4) is 0 Å². The third kappa shape index (κ3) is 2.60. The zero-order valence-corrected chi connectivity index (χ0v) is 13.2. The second-order valence-corrected chi connectivity index (χ2v) is 6.18. The molecule has 1 aliphatic rings. The highest BCUT2D eigenvalue weighted by atomic mass is 32.2. The molecule has 0 saturated heterocycles. The van der Waals surface area contributed by atoms with Crippen molar-refractivity contribution in [2.24, 2.45) is 0 Å². The third-order valence-corrected chi connectivity index (χ3v) is 4.80. The van der Waals surface area contributed by atoms with Crippen LogP contribution in [-0.4, -0.2) is 17.7 Å². The fourth-order valence-corrected chi connectivity index (χ4v) is 3.27. The quantitative estimate of drug-likeness (QED) is 0.866. The number of hydrogen-bond acceptors (Lipinski definition) is 3. The number of para-hydroxylation sites is 1. The van der Waals surface area contributed by atoms with E-state index in [1.54, 1.807) is 6.07 Å². The second-order valence-electron chi connectivity index (χ2n) is 5.16. The van der Waals surface area contributed by atoms with Crippen molar-refractivity contribution in [2.45, 2.75) is 18.7 Å². The van der Waals surface area contributed by atoms with E-state index >= 15 is 0 Å². The Labute approximate surface area is 133 Å². The van der Waals surface area contributed by atoms with Crippen LogP contribution in [0.4, 0.5) is 16.2 Å². The van der Waals surface area contributed by atoms with Crippen LogP contribution in [0.15, 0.2) is 47.4 Å². The number of amides is 3. The van der Waals surface area contributed by atoms with Gasteiger partial charge in [0.25, 0.3) is 0 Å². The van der Waals surface area contributed by atoms with Gasteiger partial charge in [-0.15, -0.1) is 11.8 Å². The molecular formula is C17H16N2O2S. The number of anilines is 2. The number of carbonyl (C=O) groups is 2. The molecule has 4 nitrogen and oxygen atoms in total. The average Bonchev–Trinajstić information content (AvgIpc) is 2.51. The first-order valence-electron chi connectivity index (χ1n) is 7.00. The van der Waals surface area contributed by atoms with Crippen molar-refractivity contribution in [3.8, 4) is 0 Å². The summed E-state index contributed by atoms with van der Waals surface area (Å²) < 4.78 is 0. The third-order valence-electron chi connectivity index (χ3n) is 3.76. The van der Waals surface area contributed by atoms with E-state index in [2.05, 4.69) is 5.32 Å². The number of benzene rings is 2. The summed E-state index contributed by atoms with van der Waals surface area (Å²) in [4.78, 5) is 26.9. The molecule has 0 unspecified atom stereocenters. The molecule has 3 rings (SSSR count). The Hall–Kier alpha value is -2.27. The van der Waals surface area contributed by atoms with Crippen LogP contribution < -0.4 is 10.2 Å². The minimum atomic E-state index is -0.411. The standard InChI is InChI=1S/C17H16N2O2S/c1-11-6-5-7-13(12(11)2)18-17(21)19-14-8-3-4-9-15(14)22-10-16(19)20/h3-9H,10H2,1-2H3,(H,18,21). The number of imide groups is 1. The van der Waals surface area contributed by atoms with E-state index in [9.17, 15) is 9.59 Å². The molecule has 2 aromatic rings. The van der Waals surface area contributed by atoms with E-state index < -0.39 is 6.03 Å². The van der Waals surface area contributed by atoms with Crippen molar-refractivity contribution in [2.75, 3.05) is 16.0 Å². The summed E-state index contributed by atoms with van der Waals surface area (Å²) in [5.41, 5.74) is 3.47. The summed E-state index contributed by atoms with van der Waals surface area (Å²) in [6.07, 6.45) is 0. The van der Waals surface area contributed by atoms with Crippen LogP contribution in [0.2, 0.25) is 0 Å². The number of hydrogen-bond donors (Lipinski definition) is 1. The average molecular weight is 312 g/mol. The highest BCUT2D eigenvalue weighted by molar-refractivity contribution is 8.00. The lowest BCUT2D eigenvalue weighted by molar-refractivity contribution is -0.115. The number of thioether (sulfide) groups is 1. The van der Waals surface area contributed by atoms with Gasteiger partial charge in [-0.3, -0.25) is 4.79 Å². The first-order chi connectivity index (χ1) is 10.6. The van der Waals surface area contributed by atoms with E-state index in [-0.39, 0.29) is 11.7 Å². The molecule has 1 N–H and O–H groups in total. The Morgan fingerprint density at radius 1 is 1.14 bits per heavy atom. The van der Waals surface area contributed by atoms with E-state index in [0.29, 0.717) is 5.69 Å². The summed E-state index contributed by atoms with van der Waals surface area (Å²) in [6.45, 7) is 3.94. The highest BCUT2D eigenvalue weighted by Gasteiger charge is 2.30. The minimum absolute atomic E-state index is 0.202. The maximum atomic E-state index is 12.6. The summed E-state index contributed by atoms with van der Waals surface area (Å²) in [5, 5.41) is 2.85. The van der Waals surface area contributed by atoms with Crippen molar-refractivity contribution in [3.05, 3.63) is 53.6 Å². The fourth-order valence-electron chi connectivity index (χ4n) is 2.38. The molecule has 0 saturated carbocycles. The van der Waals surface area contributed by atoms with Gasteiger partial charge in [0, 0.05) is 10.6 Å². The summed E-state index contributed by atoms with van der Waals surface area (Å²) in [6, 6.07) is 12.8. The maximum Gasteiger partial charge on any atom is 0.333 e. The highest BCUT2D eigenvalue weighted by Crippen LogP contribution is 2.35. The van der Waals surface area contributed by atoms with Gasteiger partial charge in [-0.25, -0.2) is 9.69 Å². The predicted molar refractivity (Wildman–Crippen MR) is 89.6 cm³/mol. The Morgan fingerprint density at radius 3 is 2.73 bits per heavy atom. The molecule has 22 heavy (non-hydrogen) atoms. The van der Waals surface area contributed by atoms with Crippen LogP contribution in [0.1, 0.15) is 11.1 Å². The second kappa shape index (κ2) is 5.85. The molecule has 0 radical (unpaired) electrons. The Bertz CT molecular complexity index is 758. The van der Waals surface area contributed by atoms with Crippen LogP contribution >= 0.6 is 11.8 Å². The van der Waals surface area contributed by atoms with Crippen molar-refractivity contribution in [3.63, 3.8) is 0 Å². The smallest absolute Gasteiger partial charge is 0.307 e. The molecule has 1 heterocycles. The summed E-state index contributed by atoms with van der Waals surface area (Å²) in [5.74, 6) is 0.0727. The molecule has 0 spiro atoms. The van der Waals surface area contributed by atoms with E-state index in [4.69, 9.17) is 0 Å². The SMILES string of the molecule is Cc1cccc(NC(=O)N2C(=O)CSc3ccccc32)c1C. The number of fused-ring (bicyclic) bond motifs is 1. The summed E-state index contributed by atoms with van der Waals surface area (Å²) in [7, 11) is 0. The molecule has 3 amide bonds. The molecule has 0 fully saturated rings. The lowest BCUT2D eigenvalue weighted by Gasteiger charge is -2.27.